The molecule has 0 saturated heterocycles. The number of nitrogens with zero attached hydrogens (tertiary/aromatic N) is 1. The third kappa shape index (κ3) is 2.60. The molecule has 0 bridgehead atoms. The molecule has 122 valence electrons. The van der Waals surface area contributed by atoms with Gasteiger partial charge in [0.05, 0.1) is 5.69 Å². The van der Waals surface area contributed by atoms with Gasteiger partial charge in [-0.15, -0.1) is 0 Å². The number of aryl methyl sites for hydroxylation is 1. The Hall–Kier alpha value is -1.63. The van der Waals surface area contributed by atoms with Crippen molar-refractivity contribution in [2.75, 3.05) is 0 Å². The van der Waals surface area contributed by atoms with E-state index in [9.17, 15) is 0 Å². The molecule has 1 nitrogen and oxygen atoms in total. The van der Waals surface area contributed by atoms with Gasteiger partial charge in [0.1, 0.15) is 0 Å². The van der Waals surface area contributed by atoms with Gasteiger partial charge in [0, 0.05) is 6.20 Å². The lowest BCUT2D eigenvalue weighted by molar-refractivity contribution is 0.426. The van der Waals surface area contributed by atoms with Gasteiger partial charge in [-0.25, -0.2) is 0 Å². The summed E-state index contributed by atoms with van der Waals surface area (Å²) < 4.78 is 0. The molecule has 0 aliphatic heterocycles. The predicted molar refractivity (Wildman–Crippen MR) is 99.1 cm³/mol. The molecule has 0 aromatic carbocycles. The molecule has 2 aliphatic carbocycles. The average Bonchev–Trinajstić information content (AvgIpc) is 3.15. The van der Waals surface area contributed by atoms with Crippen LogP contribution in [0.1, 0.15) is 58.7 Å². The highest BCUT2D eigenvalue weighted by atomic mass is 14.7. The van der Waals surface area contributed by atoms with Crippen molar-refractivity contribution in [2.45, 2.75) is 54.4 Å². The lowest BCUT2D eigenvalue weighted by atomic mass is 9.70. The molecule has 1 saturated carbocycles. The number of hydrogen-bond acceptors (Lipinski definition) is 1. The van der Waals surface area contributed by atoms with Gasteiger partial charge in [0.15, 0.2) is 0 Å². The Morgan fingerprint density at radius 2 is 1.87 bits per heavy atom. The highest BCUT2D eigenvalue weighted by Gasteiger charge is 2.56. The second-order valence-corrected chi connectivity index (χ2v) is 7.64. The molecule has 0 amide bonds. The van der Waals surface area contributed by atoms with Gasteiger partial charge >= 0.3 is 0 Å². The maximum Gasteiger partial charge on any atom is 0.0670 e. The molecule has 1 fully saturated rings. The lowest BCUT2D eigenvalue weighted by Gasteiger charge is -2.35. The van der Waals surface area contributed by atoms with E-state index in [2.05, 4.69) is 65.8 Å². The monoisotopic (exact) mass is 307 g/mol. The maximum absolute atomic E-state index is 4.75. The fourth-order valence-electron chi connectivity index (χ4n) is 4.47. The minimum atomic E-state index is 0.332. The predicted octanol–water partition coefficient (Wildman–Crippen LogP) is 6.12. The smallest absolute Gasteiger partial charge is 0.0670 e. The number of hydrogen-bond donors (Lipinski definition) is 0. The number of aromatic nitrogens is 1. The average molecular weight is 307 g/mol. The van der Waals surface area contributed by atoms with Crippen molar-refractivity contribution in [2.24, 2.45) is 17.3 Å². The second-order valence-electron chi connectivity index (χ2n) is 7.64. The number of pyridine rings is 1. The highest BCUT2D eigenvalue weighted by molar-refractivity contribution is 5.75. The van der Waals surface area contributed by atoms with Crippen LogP contribution in [-0.2, 0) is 0 Å². The van der Waals surface area contributed by atoms with E-state index in [-0.39, 0.29) is 0 Å². The van der Waals surface area contributed by atoms with Crippen molar-refractivity contribution in [3.8, 4) is 0 Å². The van der Waals surface area contributed by atoms with Gasteiger partial charge in [0.2, 0.25) is 0 Å². The fourth-order valence-corrected chi connectivity index (χ4v) is 4.47. The van der Waals surface area contributed by atoms with Crippen LogP contribution in [0.5, 0.6) is 0 Å². The molecule has 0 spiro atoms. The van der Waals surface area contributed by atoms with Crippen LogP contribution < -0.4 is 0 Å². The van der Waals surface area contributed by atoms with Gasteiger partial charge in [-0.05, 0) is 99.1 Å². The second kappa shape index (κ2) is 5.78. The summed E-state index contributed by atoms with van der Waals surface area (Å²) in [4.78, 5) is 4.75. The normalized spacial score (nSPS) is 31.2. The van der Waals surface area contributed by atoms with E-state index in [4.69, 9.17) is 4.98 Å². The molecule has 1 heteroatoms. The Bertz CT molecular complexity index is 719. The van der Waals surface area contributed by atoms with Crippen molar-refractivity contribution < 1.29 is 0 Å². The quantitative estimate of drug-likeness (QED) is 0.613. The first-order chi connectivity index (χ1) is 10.9. The first-order valence-electron chi connectivity index (χ1n) is 8.85. The van der Waals surface area contributed by atoms with Crippen molar-refractivity contribution >= 4 is 5.57 Å². The molecular formula is C22H29N. The molecule has 1 heterocycles. The fraction of sp³-hybridized carbons (Fsp3) is 0.500. The van der Waals surface area contributed by atoms with Gasteiger partial charge in [-0.3, -0.25) is 4.98 Å². The Balaban J connectivity index is 2.17. The van der Waals surface area contributed by atoms with E-state index in [1.165, 1.54) is 40.8 Å². The van der Waals surface area contributed by atoms with Crippen LogP contribution in [0.4, 0.5) is 0 Å². The summed E-state index contributed by atoms with van der Waals surface area (Å²) in [5.41, 5.74) is 8.75. The van der Waals surface area contributed by atoms with Gasteiger partial charge < -0.3 is 0 Å². The van der Waals surface area contributed by atoms with Crippen LogP contribution in [0.15, 0.2) is 47.2 Å². The molecule has 3 rings (SSSR count). The van der Waals surface area contributed by atoms with Crippen molar-refractivity contribution in [3.05, 3.63) is 58.5 Å². The van der Waals surface area contributed by atoms with Crippen molar-refractivity contribution in [1.29, 1.82) is 0 Å². The van der Waals surface area contributed by atoms with Crippen LogP contribution in [0.3, 0.4) is 0 Å². The van der Waals surface area contributed by atoms with Crippen LogP contribution in [-0.4, -0.2) is 4.98 Å². The highest BCUT2D eigenvalue weighted by Crippen LogP contribution is 2.64. The van der Waals surface area contributed by atoms with Crippen LogP contribution in [0, 0.1) is 24.2 Å². The van der Waals surface area contributed by atoms with E-state index >= 15 is 0 Å². The molecule has 0 N–H and O–H groups in total. The summed E-state index contributed by atoms with van der Waals surface area (Å²) >= 11 is 0. The summed E-state index contributed by atoms with van der Waals surface area (Å²) in [5.74, 6) is 1.33. The molecule has 3 unspecified atom stereocenters. The Morgan fingerprint density at radius 3 is 2.43 bits per heavy atom. The SMILES string of the molecule is CC=CC1(C2CC(C)=C(C)C(C)=C2c2cc(C)ccn2)CC1C. The molecule has 0 radical (unpaired) electrons. The van der Waals surface area contributed by atoms with E-state index in [0.717, 1.165) is 5.92 Å². The van der Waals surface area contributed by atoms with Gasteiger partial charge in [-0.1, -0.05) is 24.6 Å². The standard InChI is InChI=1S/C22H29N/c1-7-9-22(13-16(22)4)19-12-15(3)17(5)18(6)21(19)20-11-14(2)8-10-23-20/h7-11,16,19H,12-13H2,1-6H3. The van der Waals surface area contributed by atoms with Crippen molar-refractivity contribution in [3.63, 3.8) is 0 Å². The van der Waals surface area contributed by atoms with E-state index in [1.54, 1.807) is 5.57 Å². The van der Waals surface area contributed by atoms with Gasteiger partial charge in [-0.2, -0.15) is 0 Å². The molecule has 3 atom stereocenters. The minimum absolute atomic E-state index is 0.332. The minimum Gasteiger partial charge on any atom is -0.257 e. The summed E-state index contributed by atoms with van der Waals surface area (Å²) in [7, 11) is 0. The van der Waals surface area contributed by atoms with E-state index in [1.807, 2.05) is 6.20 Å². The first-order valence-corrected chi connectivity index (χ1v) is 8.85. The number of allylic oxidation sites excluding steroid dienone is 6. The van der Waals surface area contributed by atoms with Crippen molar-refractivity contribution in [1.82, 2.24) is 4.98 Å². The van der Waals surface area contributed by atoms with Gasteiger partial charge in [0.25, 0.3) is 0 Å². The Kier molecular flexibility index (Phi) is 4.08. The summed E-state index contributed by atoms with van der Waals surface area (Å²) in [6.45, 7) is 13.6. The molecule has 1 aromatic heterocycles. The molecular weight excluding hydrogens is 278 g/mol. The topological polar surface area (TPSA) is 12.9 Å². The first kappa shape index (κ1) is 16.2. The summed E-state index contributed by atoms with van der Waals surface area (Å²) in [5, 5.41) is 0. The Labute approximate surface area is 141 Å². The van der Waals surface area contributed by atoms with E-state index < -0.39 is 0 Å². The zero-order valence-corrected chi connectivity index (χ0v) is 15.4. The Morgan fingerprint density at radius 1 is 1.17 bits per heavy atom. The lowest BCUT2D eigenvalue weighted by Crippen LogP contribution is -2.23. The molecule has 1 aromatic rings. The van der Waals surface area contributed by atoms with Crippen LogP contribution in [0.25, 0.3) is 5.57 Å². The van der Waals surface area contributed by atoms with E-state index in [0.29, 0.717) is 11.3 Å². The summed E-state index contributed by atoms with van der Waals surface area (Å²) in [6.07, 6.45) is 9.15. The third-order valence-electron chi connectivity index (χ3n) is 6.20. The van der Waals surface area contributed by atoms with Crippen LogP contribution in [0.2, 0.25) is 0 Å². The zero-order chi connectivity index (χ0) is 16.8. The molecule has 23 heavy (non-hydrogen) atoms. The maximum atomic E-state index is 4.75. The largest absolute Gasteiger partial charge is 0.257 e. The number of rotatable bonds is 3. The summed E-state index contributed by atoms with van der Waals surface area (Å²) in [6, 6.07) is 4.35. The third-order valence-corrected chi connectivity index (χ3v) is 6.20. The zero-order valence-electron chi connectivity index (χ0n) is 15.4. The molecule has 2 aliphatic rings. The van der Waals surface area contributed by atoms with Crippen LogP contribution >= 0.6 is 0 Å².